The lowest BCUT2D eigenvalue weighted by Gasteiger charge is -2.15. The zero-order valence-corrected chi connectivity index (χ0v) is 16.6. The molecule has 7 heteroatoms. The molecule has 0 spiro atoms. The highest BCUT2D eigenvalue weighted by atomic mass is 32.2. The first kappa shape index (κ1) is 21.4. The molecule has 0 aliphatic heterocycles. The first-order chi connectivity index (χ1) is 11.7. The van der Waals surface area contributed by atoms with Crippen LogP contribution in [0.2, 0.25) is 0 Å². The van der Waals surface area contributed by atoms with Crippen molar-refractivity contribution in [2.75, 3.05) is 7.05 Å². The van der Waals surface area contributed by atoms with Crippen LogP contribution in [-0.4, -0.2) is 27.5 Å². The third-order valence-corrected chi connectivity index (χ3v) is 5.27. The fourth-order valence-corrected chi connectivity index (χ4v) is 3.19. The summed E-state index contributed by atoms with van der Waals surface area (Å²) in [7, 11) is -1.83. The summed E-state index contributed by atoms with van der Waals surface area (Å²) in [6.07, 6.45) is 3.47. The van der Waals surface area contributed by atoms with Crippen molar-refractivity contribution in [1.82, 2.24) is 10.0 Å². The number of nitrogens with one attached hydrogen (secondary N) is 2. The maximum atomic E-state index is 11.5. The number of hydrogen-bond acceptors (Lipinski definition) is 3. The normalized spacial score (nSPS) is 13.9. The largest absolute Gasteiger partial charge is 0.370 e. The molecule has 0 saturated carbocycles. The summed E-state index contributed by atoms with van der Waals surface area (Å²) in [6, 6.07) is 7.67. The van der Waals surface area contributed by atoms with Crippen molar-refractivity contribution in [3.05, 3.63) is 35.4 Å². The predicted octanol–water partition coefficient (Wildman–Crippen LogP) is 2.35. The quantitative estimate of drug-likeness (QED) is 0.436. The lowest BCUT2D eigenvalue weighted by atomic mass is 10.0. The highest BCUT2D eigenvalue weighted by molar-refractivity contribution is 7.88. The number of hydrogen-bond donors (Lipinski definition) is 3. The molecule has 0 aromatic heterocycles. The van der Waals surface area contributed by atoms with Gasteiger partial charge in [0.05, 0.1) is 12.3 Å². The summed E-state index contributed by atoms with van der Waals surface area (Å²) in [5.41, 5.74) is 7.67. The number of aliphatic imine (C=N–C) groups is 1. The Balaban J connectivity index is 2.46. The van der Waals surface area contributed by atoms with E-state index in [1.165, 1.54) is 19.9 Å². The monoisotopic (exact) mass is 368 g/mol. The van der Waals surface area contributed by atoms with Gasteiger partial charge in [0.15, 0.2) is 5.96 Å². The summed E-state index contributed by atoms with van der Waals surface area (Å²) in [5, 5.41) is 3.21. The third kappa shape index (κ3) is 9.45. The van der Waals surface area contributed by atoms with Crippen molar-refractivity contribution in [1.29, 1.82) is 0 Å². The second kappa shape index (κ2) is 10.4. The van der Waals surface area contributed by atoms with Gasteiger partial charge >= 0.3 is 0 Å². The maximum absolute atomic E-state index is 11.5. The number of nitrogens with zero attached hydrogens (tertiary/aromatic N) is 1. The Hall–Kier alpha value is -1.60. The molecule has 1 unspecified atom stereocenters. The van der Waals surface area contributed by atoms with E-state index in [-0.39, 0.29) is 5.75 Å². The van der Waals surface area contributed by atoms with Gasteiger partial charge in [-0.1, -0.05) is 51.0 Å². The van der Waals surface area contributed by atoms with Gasteiger partial charge in [-0.2, -0.15) is 0 Å². The highest BCUT2D eigenvalue weighted by Crippen LogP contribution is 2.09. The molecule has 1 rings (SSSR count). The Morgan fingerprint density at radius 2 is 1.72 bits per heavy atom. The molecule has 6 nitrogen and oxygen atoms in total. The highest BCUT2D eigenvalue weighted by Gasteiger charge is 2.08. The summed E-state index contributed by atoms with van der Waals surface area (Å²) in [5.74, 6) is 1.15. The molecule has 0 aliphatic carbocycles. The minimum Gasteiger partial charge on any atom is -0.370 e. The maximum Gasteiger partial charge on any atom is 0.215 e. The Labute approximate surface area is 152 Å². The fraction of sp³-hybridized carbons (Fsp3) is 0.611. The van der Waals surface area contributed by atoms with Gasteiger partial charge in [-0.25, -0.2) is 18.1 Å². The van der Waals surface area contributed by atoms with E-state index in [0.29, 0.717) is 18.5 Å². The molecule has 1 atom stereocenters. The molecule has 1 aromatic carbocycles. The first-order valence-corrected chi connectivity index (χ1v) is 10.4. The minimum atomic E-state index is -3.25. The van der Waals surface area contributed by atoms with Crippen molar-refractivity contribution in [2.24, 2.45) is 16.6 Å². The van der Waals surface area contributed by atoms with Gasteiger partial charge in [0, 0.05) is 6.04 Å². The van der Waals surface area contributed by atoms with Crippen LogP contribution in [0.25, 0.3) is 0 Å². The molecule has 0 bridgehead atoms. The first-order valence-electron chi connectivity index (χ1n) is 8.77. The fourth-order valence-electron chi connectivity index (χ4n) is 2.41. The summed E-state index contributed by atoms with van der Waals surface area (Å²) >= 11 is 0. The average molecular weight is 369 g/mol. The Morgan fingerprint density at radius 1 is 1.12 bits per heavy atom. The summed E-state index contributed by atoms with van der Waals surface area (Å²) in [4.78, 5) is 4.35. The van der Waals surface area contributed by atoms with Gasteiger partial charge < -0.3 is 11.1 Å². The lowest BCUT2D eigenvalue weighted by Crippen LogP contribution is -2.38. The molecule has 0 amide bonds. The number of benzene rings is 1. The number of sulfonamides is 1. The van der Waals surface area contributed by atoms with Crippen LogP contribution in [0, 0.1) is 5.92 Å². The van der Waals surface area contributed by atoms with Crippen LogP contribution in [0.5, 0.6) is 0 Å². The number of rotatable bonds is 10. The smallest absolute Gasteiger partial charge is 0.215 e. The Kier molecular flexibility index (Phi) is 8.92. The van der Waals surface area contributed by atoms with Crippen LogP contribution in [0.4, 0.5) is 0 Å². The van der Waals surface area contributed by atoms with Crippen LogP contribution in [-0.2, 0) is 22.3 Å². The molecule has 0 saturated heterocycles. The second-order valence-electron chi connectivity index (χ2n) is 6.85. The van der Waals surface area contributed by atoms with Crippen molar-refractivity contribution < 1.29 is 8.42 Å². The van der Waals surface area contributed by atoms with Crippen molar-refractivity contribution >= 4 is 16.0 Å². The van der Waals surface area contributed by atoms with Crippen LogP contribution in [0.1, 0.15) is 51.2 Å². The Morgan fingerprint density at radius 3 is 2.28 bits per heavy atom. The summed E-state index contributed by atoms with van der Waals surface area (Å²) in [6.45, 7) is 7.04. The molecule has 0 heterocycles. The van der Waals surface area contributed by atoms with Crippen LogP contribution >= 0.6 is 0 Å². The average Bonchev–Trinajstić information content (AvgIpc) is 2.53. The van der Waals surface area contributed by atoms with Gasteiger partial charge in [-0.15, -0.1) is 0 Å². The molecule has 0 fully saturated rings. The number of nitrogens with two attached hydrogens (primary N) is 1. The molecular formula is C18H32N4O2S. The predicted molar refractivity (Wildman–Crippen MR) is 105 cm³/mol. The van der Waals surface area contributed by atoms with Gasteiger partial charge in [-0.05, 0) is 37.4 Å². The standard InChI is InChI=1S/C18H32N4O2S/c1-14(2)6-5-7-15(3)22-18(19)21-12-16-8-10-17(11-9-16)13-25(23,24)20-4/h8-11,14-15,20H,5-7,12-13H2,1-4H3,(H3,19,21,22). The van der Waals surface area contributed by atoms with E-state index in [1.54, 1.807) is 12.1 Å². The van der Waals surface area contributed by atoms with Crippen LogP contribution < -0.4 is 15.8 Å². The van der Waals surface area contributed by atoms with Gasteiger partial charge in [0.2, 0.25) is 10.0 Å². The summed E-state index contributed by atoms with van der Waals surface area (Å²) < 4.78 is 25.4. The van der Waals surface area contributed by atoms with Crippen LogP contribution in [0.15, 0.2) is 29.3 Å². The zero-order chi connectivity index (χ0) is 18.9. The van der Waals surface area contributed by atoms with Crippen molar-refractivity contribution in [3.8, 4) is 0 Å². The van der Waals surface area contributed by atoms with E-state index in [0.717, 1.165) is 23.5 Å². The van der Waals surface area contributed by atoms with Gasteiger partial charge in [0.1, 0.15) is 0 Å². The molecular weight excluding hydrogens is 336 g/mol. The van der Waals surface area contributed by atoms with Gasteiger partial charge in [-0.3, -0.25) is 0 Å². The second-order valence-corrected chi connectivity index (χ2v) is 8.78. The van der Waals surface area contributed by atoms with E-state index in [2.05, 4.69) is 35.8 Å². The SMILES string of the molecule is CNS(=O)(=O)Cc1ccc(CN=C(N)NC(C)CCCC(C)C)cc1. The van der Waals surface area contributed by atoms with E-state index in [1.807, 2.05) is 12.1 Å². The van der Waals surface area contributed by atoms with Crippen molar-refractivity contribution in [3.63, 3.8) is 0 Å². The third-order valence-electron chi connectivity index (χ3n) is 3.94. The van der Waals surface area contributed by atoms with E-state index in [4.69, 9.17) is 5.73 Å². The molecule has 1 aromatic rings. The topological polar surface area (TPSA) is 96.6 Å². The molecule has 0 aliphatic rings. The minimum absolute atomic E-state index is 0.0232. The van der Waals surface area contributed by atoms with Crippen molar-refractivity contribution in [2.45, 2.75) is 58.4 Å². The number of guanidine groups is 1. The van der Waals surface area contributed by atoms with E-state index < -0.39 is 10.0 Å². The van der Waals surface area contributed by atoms with Crippen LogP contribution in [0.3, 0.4) is 0 Å². The van der Waals surface area contributed by atoms with E-state index in [9.17, 15) is 8.42 Å². The lowest BCUT2D eigenvalue weighted by molar-refractivity contribution is 0.493. The molecule has 142 valence electrons. The zero-order valence-electron chi connectivity index (χ0n) is 15.7. The molecule has 25 heavy (non-hydrogen) atoms. The van der Waals surface area contributed by atoms with Gasteiger partial charge in [0.25, 0.3) is 0 Å². The Bertz CT molecular complexity index is 640. The van der Waals surface area contributed by atoms with E-state index >= 15 is 0 Å². The molecule has 0 radical (unpaired) electrons. The molecule has 4 N–H and O–H groups in total.